The van der Waals surface area contributed by atoms with Gasteiger partial charge < -0.3 is 10.2 Å². The van der Waals surface area contributed by atoms with Crippen LogP contribution in [0.1, 0.15) is 23.7 Å². The molecule has 1 aromatic carbocycles. The van der Waals surface area contributed by atoms with E-state index in [1.807, 2.05) is 0 Å². The van der Waals surface area contributed by atoms with E-state index in [9.17, 15) is 14.4 Å². The van der Waals surface area contributed by atoms with Gasteiger partial charge in [-0.25, -0.2) is 14.4 Å². The van der Waals surface area contributed by atoms with Crippen molar-refractivity contribution in [2.24, 2.45) is 9.98 Å². The SMILES string of the molecule is O=C=NC(N=C=O)c1ccccc1C=C(CCO)C(=O)O. The monoisotopic (exact) mass is 288 g/mol. The second kappa shape index (κ2) is 8.35. The fraction of sp³-hybridized carbons (Fsp3) is 0.214. The highest BCUT2D eigenvalue weighted by molar-refractivity contribution is 5.92. The summed E-state index contributed by atoms with van der Waals surface area (Å²) in [6, 6.07) is 6.42. The normalized spacial score (nSPS) is 12.0. The first-order valence-corrected chi connectivity index (χ1v) is 5.91. The van der Waals surface area contributed by atoms with Crippen LogP contribution in [0.3, 0.4) is 0 Å². The third-order valence-corrected chi connectivity index (χ3v) is 2.61. The largest absolute Gasteiger partial charge is 0.478 e. The molecule has 0 heterocycles. The summed E-state index contributed by atoms with van der Waals surface area (Å²) in [7, 11) is 0. The number of carbonyl (C=O) groups excluding carboxylic acids is 2. The topological polar surface area (TPSA) is 116 Å². The number of carbonyl (C=O) groups is 1. The minimum atomic E-state index is -1.17. The number of hydrogen-bond donors (Lipinski definition) is 2. The molecule has 7 heteroatoms. The number of benzene rings is 1. The summed E-state index contributed by atoms with van der Waals surface area (Å²) in [5.74, 6) is -1.17. The Kier molecular flexibility index (Phi) is 6.44. The number of carboxylic acids is 1. The maximum Gasteiger partial charge on any atom is 0.331 e. The molecule has 21 heavy (non-hydrogen) atoms. The molecule has 0 aromatic heterocycles. The molecule has 0 fully saturated rings. The zero-order valence-corrected chi connectivity index (χ0v) is 10.9. The summed E-state index contributed by atoms with van der Waals surface area (Å²) in [4.78, 5) is 38.6. The molecule has 0 bridgehead atoms. The van der Waals surface area contributed by atoms with Crippen molar-refractivity contribution in [3.05, 3.63) is 41.0 Å². The zero-order valence-electron chi connectivity index (χ0n) is 10.9. The fourth-order valence-corrected chi connectivity index (χ4v) is 1.69. The van der Waals surface area contributed by atoms with Crippen molar-refractivity contribution in [2.75, 3.05) is 6.61 Å². The van der Waals surface area contributed by atoms with Gasteiger partial charge >= 0.3 is 5.97 Å². The molecule has 0 saturated carbocycles. The summed E-state index contributed by atoms with van der Waals surface area (Å²) < 4.78 is 0. The fourth-order valence-electron chi connectivity index (χ4n) is 1.69. The van der Waals surface area contributed by atoms with Gasteiger partial charge in [0.2, 0.25) is 12.2 Å². The molecule has 0 saturated heterocycles. The van der Waals surface area contributed by atoms with E-state index in [1.54, 1.807) is 24.3 Å². The Morgan fingerprint density at radius 2 is 1.86 bits per heavy atom. The van der Waals surface area contributed by atoms with E-state index in [0.29, 0.717) is 11.1 Å². The second-order valence-corrected chi connectivity index (χ2v) is 3.89. The highest BCUT2D eigenvalue weighted by Crippen LogP contribution is 2.24. The quantitative estimate of drug-likeness (QED) is 0.444. The molecule has 0 atom stereocenters. The minimum absolute atomic E-state index is 0.0196. The van der Waals surface area contributed by atoms with E-state index in [0.717, 1.165) is 0 Å². The Morgan fingerprint density at radius 1 is 1.24 bits per heavy atom. The Labute approximate surface area is 120 Å². The number of aliphatic carboxylic acids is 1. The molecule has 2 N–H and O–H groups in total. The summed E-state index contributed by atoms with van der Waals surface area (Å²) >= 11 is 0. The van der Waals surface area contributed by atoms with Crippen molar-refractivity contribution in [3.8, 4) is 0 Å². The molecular formula is C14H12N2O5. The smallest absolute Gasteiger partial charge is 0.331 e. The predicted molar refractivity (Wildman–Crippen MR) is 72.7 cm³/mol. The summed E-state index contributed by atoms with van der Waals surface area (Å²) in [5.41, 5.74) is 0.765. The maximum absolute atomic E-state index is 11.1. The van der Waals surface area contributed by atoms with Crippen LogP contribution in [0.15, 0.2) is 39.8 Å². The van der Waals surface area contributed by atoms with Crippen LogP contribution in [0.4, 0.5) is 0 Å². The third-order valence-electron chi connectivity index (χ3n) is 2.61. The van der Waals surface area contributed by atoms with Gasteiger partial charge in [0, 0.05) is 24.2 Å². The molecule has 108 valence electrons. The summed E-state index contributed by atoms with van der Waals surface area (Å²) in [6.45, 7) is -0.317. The van der Waals surface area contributed by atoms with E-state index in [-0.39, 0.29) is 18.6 Å². The van der Waals surface area contributed by atoms with Crippen LogP contribution in [0.25, 0.3) is 6.08 Å². The molecule has 0 aliphatic heterocycles. The van der Waals surface area contributed by atoms with Crippen LogP contribution in [0.2, 0.25) is 0 Å². The van der Waals surface area contributed by atoms with E-state index in [2.05, 4.69) is 9.98 Å². The van der Waals surface area contributed by atoms with Crippen LogP contribution >= 0.6 is 0 Å². The molecule has 0 unspecified atom stereocenters. The highest BCUT2D eigenvalue weighted by atomic mass is 16.4. The number of nitrogens with zero attached hydrogens (tertiary/aromatic N) is 2. The number of aliphatic hydroxyl groups is 1. The van der Waals surface area contributed by atoms with Gasteiger partial charge in [-0.2, -0.15) is 9.98 Å². The van der Waals surface area contributed by atoms with E-state index < -0.39 is 12.1 Å². The Balaban J connectivity index is 3.37. The van der Waals surface area contributed by atoms with E-state index >= 15 is 0 Å². The van der Waals surface area contributed by atoms with Crippen LogP contribution in [-0.2, 0) is 14.4 Å². The average molecular weight is 288 g/mol. The summed E-state index contributed by atoms with van der Waals surface area (Å²) in [5, 5.41) is 17.9. The van der Waals surface area contributed by atoms with Gasteiger partial charge in [-0.1, -0.05) is 24.3 Å². The maximum atomic E-state index is 11.1. The molecule has 0 amide bonds. The van der Waals surface area contributed by atoms with Crippen molar-refractivity contribution in [1.29, 1.82) is 0 Å². The zero-order chi connectivity index (χ0) is 15.7. The minimum Gasteiger partial charge on any atom is -0.478 e. The first-order chi connectivity index (χ1) is 10.1. The molecule has 0 aliphatic rings. The van der Waals surface area contributed by atoms with Gasteiger partial charge in [-0.15, -0.1) is 0 Å². The first kappa shape index (κ1) is 16.2. The third kappa shape index (κ3) is 4.63. The Morgan fingerprint density at radius 3 is 2.38 bits per heavy atom. The lowest BCUT2D eigenvalue weighted by atomic mass is 10.0. The van der Waals surface area contributed by atoms with Crippen LogP contribution < -0.4 is 0 Å². The molecule has 0 spiro atoms. The van der Waals surface area contributed by atoms with Crippen molar-refractivity contribution in [3.63, 3.8) is 0 Å². The van der Waals surface area contributed by atoms with Crippen LogP contribution in [-0.4, -0.2) is 34.9 Å². The Bertz CT molecular complexity index is 623. The van der Waals surface area contributed by atoms with Crippen LogP contribution in [0.5, 0.6) is 0 Å². The number of aliphatic hydroxyl groups excluding tert-OH is 1. The van der Waals surface area contributed by atoms with Gasteiger partial charge in [0.15, 0.2) is 6.17 Å². The number of aliphatic imine (C=N–C) groups is 2. The molecular weight excluding hydrogens is 276 g/mol. The lowest BCUT2D eigenvalue weighted by Gasteiger charge is -2.09. The van der Waals surface area contributed by atoms with Gasteiger partial charge in [0.05, 0.1) is 0 Å². The predicted octanol–water partition coefficient (Wildman–Crippen LogP) is 1.21. The molecule has 0 radical (unpaired) electrons. The van der Waals surface area contributed by atoms with Gasteiger partial charge in [0.1, 0.15) is 0 Å². The van der Waals surface area contributed by atoms with Gasteiger partial charge in [-0.3, -0.25) is 0 Å². The summed E-state index contributed by atoms with van der Waals surface area (Å²) in [6.07, 6.45) is 2.78. The number of hydrogen-bond acceptors (Lipinski definition) is 6. The Hall–Kier alpha value is -2.85. The number of rotatable bonds is 7. The van der Waals surface area contributed by atoms with E-state index in [1.165, 1.54) is 18.2 Å². The van der Waals surface area contributed by atoms with Crippen molar-refractivity contribution in [1.82, 2.24) is 0 Å². The number of isocyanates is 2. The first-order valence-electron chi connectivity index (χ1n) is 5.91. The van der Waals surface area contributed by atoms with Crippen LogP contribution in [0, 0.1) is 0 Å². The van der Waals surface area contributed by atoms with Crippen molar-refractivity contribution < 1.29 is 24.6 Å². The number of carboxylic acid groups (broad SMARTS) is 1. The second-order valence-electron chi connectivity index (χ2n) is 3.89. The molecule has 7 nitrogen and oxygen atoms in total. The van der Waals surface area contributed by atoms with Gasteiger partial charge in [0.25, 0.3) is 0 Å². The molecule has 0 aliphatic carbocycles. The molecule has 1 rings (SSSR count). The average Bonchev–Trinajstić information content (AvgIpc) is 2.47. The molecule has 1 aromatic rings. The van der Waals surface area contributed by atoms with Crippen molar-refractivity contribution in [2.45, 2.75) is 12.6 Å². The lowest BCUT2D eigenvalue weighted by Crippen LogP contribution is -2.03. The van der Waals surface area contributed by atoms with Crippen molar-refractivity contribution >= 4 is 24.2 Å². The highest BCUT2D eigenvalue weighted by Gasteiger charge is 2.14. The standard InChI is InChI=1S/C14H12N2O5/c17-6-5-11(14(20)21)7-10-3-1-2-4-12(10)13(15-8-18)16-9-19/h1-4,7,13,17H,5-6H2,(H,20,21). The lowest BCUT2D eigenvalue weighted by molar-refractivity contribution is -0.132. The van der Waals surface area contributed by atoms with Gasteiger partial charge in [-0.05, 0) is 11.6 Å². The van der Waals surface area contributed by atoms with E-state index in [4.69, 9.17) is 10.2 Å².